The van der Waals surface area contributed by atoms with E-state index in [1.807, 2.05) is 23.5 Å². The normalized spacial score (nSPS) is 13.7. The lowest BCUT2D eigenvalue weighted by atomic mass is 10.0. The fourth-order valence-corrected chi connectivity index (χ4v) is 3.97. The Morgan fingerprint density at radius 3 is 2.85 bits per heavy atom. The molecule has 2 nitrogen and oxygen atoms in total. The average molecular weight is 280 g/mol. The van der Waals surface area contributed by atoms with Crippen LogP contribution in [0.4, 0.5) is 0 Å². The number of benzene rings is 1. The van der Waals surface area contributed by atoms with E-state index in [1.165, 1.54) is 40.1 Å². The third-order valence-corrected chi connectivity index (χ3v) is 5.01. The first-order chi connectivity index (χ1) is 9.81. The second-order valence-electron chi connectivity index (χ2n) is 5.37. The van der Waals surface area contributed by atoms with Gasteiger partial charge in [0.2, 0.25) is 0 Å². The number of rotatable bonds is 1. The van der Waals surface area contributed by atoms with E-state index in [1.54, 1.807) is 0 Å². The van der Waals surface area contributed by atoms with Crippen molar-refractivity contribution in [2.45, 2.75) is 26.2 Å². The number of hydrogen-bond donors (Lipinski definition) is 0. The topological polar surface area (TPSA) is 17.8 Å². The van der Waals surface area contributed by atoms with Gasteiger partial charge in [-0.3, -0.25) is 0 Å². The van der Waals surface area contributed by atoms with Crippen LogP contribution in [0.5, 0.6) is 0 Å². The summed E-state index contributed by atoms with van der Waals surface area (Å²) in [5.41, 5.74) is 5.32. The Labute approximate surface area is 122 Å². The molecule has 0 saturated heterocycles. The molecule has 1 aliphatic rings. The fraction of sp³-hybridized carbons (Fsp3) is 0.235. The number of nitrogens with zero attached hydrogens (tertiary/aromatic N) is 2. The van der Waals surface area contributed by atoms with Gasteiger partial charge in [-0.25, -0.2) is 4.98 Å². The summed E-state index contributed by atoms with van der Waals surface area (Å²) in [5.74, 6) is 0. The van der Waals surface area contributed by atoms with Gasteiger partial charge in [0.1, 0.15) is 0 Å². The molecule has 2 aromatic heterocycles. The Balaban J connectivity index is 1.89. The molecule has 0 bridgehead atoms. The second kappa shape index (κ2) is 4.60. The van der Waals surface area contributed by atoms with Gasteiger partial charge >= 0.3 is 0 Å². The molecule has 1 aromatic carbocycles. The first kappa shape index (κ1) is 11.9. The number of thiazole rings is 1. The SMILES string of the molecule is Cc1ccc2c(c1)CCCc1sc(-n3cccc3)nc1-2. The van der Waals surface area contributed by atoms with Crippen molar-refractivity contribution in [2.75, 3.05) is 0 Å². The minimum Gasteiger partial charge on any atom is -0.300 e. The molecule has 0 atom stereocenters. The van der Waals surface area contributed by atoms with E-state index >= 15 is 0 Å². The Morgan fingerprint density at radius 1 is 1.15 bits per heavy atom. The molecule has 0 radical (unpaired) electrons. The standard InChI is InChI=1S/C17H16N2S/c1-12-7-8-14-13(11-12)5-4-6-15-16(14)18-17(20-15)19-9-2-3-10-19/h2-3,7-11H,4-6H2,1H3. The van der Waals surface area contributed by atoms with Crippen molar-refractivity contribution in [3.05, 3.63) is 58.7 Å². The van der Waals surface area contributed by atoms with E-state index in [2.05, 4.69) is 42.1 Å². The lowest BCUT2D eigenvalue weighted by Crippen LogP contribution is -1.91. The van der Waals surface area contributed by atoms with E-state index in [0.717, 1.165) is 11.6 Å². The summed E-state index contributed by atoms with van der Waals surface area (Å²) in [7, 11) is 0. The van der Waals surface area contributed by atoms with E-state index in [-0.39, 0.29) is 0 Å². The summed E-state index contributed by atoms with van der Waals surface area (Å²) in [6.45, 7) is 2.17. The van der Waals surface area contributed by atoms with Crippen molar-refractivity contribution >= 4 is 11.3 Å². The molecule has 0 aliphatic heterocycles. The molecule has 4 rings (SSSR count). The summed E-state index contributed by atoms with van der Waals surface area (Å²) in [5, 5.41) is 1.08. The summed E-state index contributed by atoms with van der Waals surface area (Å²) >= 11 is 1.83. The minimum atomic E-state index is 1.08. The molecule has 0 saturated carbocycles. The monoisotopic (exact) mass is 280 g/mol. The zero-order valence-corrected chi connectivity index (χ0v) is 12.3. The Bertz CT molecular complexity index is 753. The van der Waals surface area contributed by atoms with Crippen LogP contribution in [0.1, 0.15) is 22.4 Å². The molecule has 0 N–H and O–H groups in total. The minimum absolute atomic E-state index is 1.08. The first-order valence-corrected chi connectivity index (χ1v) is 7.86. The van der Waals surface area contributed by atoms with Crippen molar-refractivity contribution in [2.24, 2.45) is 0 Å². The maximum Gasteiger partial charge on any atom is 0.194 e. The molecule has 100 valence electrons. The summed E-state index contributed by atoms with van der Waals surface area (Å²) in [6.07, 6.45) is 7.65. The van der Waals surface area contributed by atoms with Gasteiger partial charge in [-0.1, -0.05) is 23.8 Å². The predicted octanol–water partition coefficient (Wildman–Crippen LogP) is 4.40. The lowest BCUT2D eigenvalue weighted by Gasteiger charge is -2.06. The van der Waals surface area contributed by atoms with Gasteiger partial charge in [-0.2, -0.15) is 0 Å². The van der Waals surface area contributed by atoms with Gasteiger partial charge in [0.25, 0.3) is 0 Å². The molecule has 0 unspecified atom stereocenters. The van der Waals surface area contributed by atoms with Crippen molar-refractivity contribution in [3.63, 3.8) is 0 Å². The van der Waals surface area contributed by atoms with Crippen LogP contribution in [0.2, 0.25) is 0 Å². The molecule has 2 heterocycles. The van der Waals surface area contributed by atoms with Crippen molar-refractivity contribution in [1.29, 1.82) is 0 Å². The van der Waals surface area contributed by atoms with E-state index in [9.17, 15) is 0 Å². The zero-order chi connectivity index (χ0) is 13.5. The summed E-state index contributed by atoms with van der Waals surface area (Å²) in [6, 6.07) is 10.9. The van der Waals surface area contributed by atoms with Crippen LogP contribution in [0.15, 0.2) is 42.7 Å². The largest absolute Gasteiger partial charge is 0.300 e. The van der Waals surface area contributed by atoms with Crippen LogP contribution < -0.4 is 0 Å². The van der Waals surface area contributed by atoms with Crippen molar-refractivity contribution in [3.8, 4) is 16.4 Å². The molecular weight excluding hydrogens is 264 g/mol. The Morgan fingerprint density at radius 2 is 2.00 bits per heavy atom. The highest BCUT2D eigenvalue weighted by atomic mass is 32.1. The van der Waals surface area contributed by atoms with Crippen molar-refractivity contribution in [1.82, 2.24) is 9.55 Å². The average Bonchev–Trinajstić information content (AvgIpc) is 3.06. The predicted molar refractivity (Wildman–Crippen MR) is 83.6 cm³/mol. The number of aryl methyl sites for hydroxylation is 3. The first-order valence-electron chi connectivity index (χ1n) is 7.04. The summed E-state index contributed by atoms with van der Waals surface area (Å²) in [4.78, 5) is 6.33. The smallest absolute Gasteiger partial charge is 0.194 e. The third-order valence-electron chi connectivity index (χ3n) is 3.88. The number of hydrogen-bond acceptors (Lipinski definition) is 2. The number of fused-ring (bicyclic) bond motifs is 3. The highest BCUT2D eigenvalue weighted by Gasteiger charge is 2.19. The zero-order valence-electron chi connectivity index (χ0n) is 11.5. The van der Waals surface area contributed by atoms with Gasteiger partial charge in [0.15, 0.2) is 5.13 Å². The molecule has 0 fully saturated rings. The van der Waals surface area contributed by atoms with Crippen LogP contribution in [-0.4, -0.2) is 9.55 Å². The van der Waals surface area contributed by atoms with Crippen LogP contribution in [0.25, 0.3) is 16.4 Å². The molecular formula is C17H16N2S. The molecule has 3 heteroatoms. The van der Waals surface area contributed by atoms with E-state index in [4.69, 9.17) is 4.98 Å². The molecule has 20 heavy (non-hydrogen) atoms. The highest BCUT2D eigenvalue weighted by Crippen LogP contribution is 2.36. The Hall–Kier alpha value is -1.87. The van der Waals surface area contributed by atoms with Gasteiger partial charge in [-0.05, 0) is 43.9 Å². The van der Waals surface area contributed by atoms with Gasteiger partial charge in [-0.15, -0.1) is 11.3 Å². The molecule has 0 amide bonds. The maximum atomic E-state index is 4.91. The quantitative estimate of drug-likeness (QED) is 0.646. The maximum absolute atomic E-state index is 4.91. The fourth-order valence-electron chi connectivity index (χ4n) is 2.89. The highest BCUT2D eigenvalue weighted by molar-refractivity contribution is 7.14. The van der Waals surface area contributed by atoms with Crippen LogP contribution in [0, 0.1) is 6.92 Å². The van der Waals surface area contributed by atoms with E-state index in [0.29, 0.717) is 0 Å². The van der Waals surface area contributed by atoms with Crippen molar-refractivity contribution < 1.29 is 0 Å². The second-order valence-corrected chi connectivity index (χ2v) is 6.43. The molecule has 1 aliphatic carbocycles. The number of aromatic nitrogens is 2. The molecule has 3 aromatic rings. The van der Waals surface area contributed by atoms with E-state index < -0.39 is 0 Å². The van der Waals surface area contributed by atoms with Gasteiger partial charge in [0.05, 0.1) is 5.69 Å². The van der Waals surface area contributed by atoms with Gasteiger partial charge in [0, 0.05) is 22.8 Å². The lowest BCUT2D eigenvalue weighted by molar-refractivity contribution is 0.843. The van der Waals surface area contributed by atoms with Crippen LogP contribution in [-0.2, 0) is 12.8 Å². The van der Waals surface area contributed by atoms with Crippen LogP contribution in [0.3, 0.4) is 0 Å². The van der Waals surface area contributed by atoms with Crippen LogP contribution >= 0.6 is 11.3 Å². The van der Waals surface area contributed by atoms with Gasteiger partial charge < -0.3 is 4.57 Å². The third kappa shape index (κ3) is 1.90. The summed E-state index contributed by atoms with van der Waals surface area (Å²) < 4.78 is 2.10. The molecule has 0 spiro atoms. The Kier molecular flexibility index (Phi) is 2.74.